The molecular formula is C12H15Br. The van der Waals surface area contributed by atoms with E-state index in [2.05, 4.69) is 53.2 Å². The quantitative estimate of drug-likeness (QED) is 0.719. The highest BCUT2D eigenvalue weighted by Gasteiger charge is 1.91. The summed E-state index contributed by atoms with van der Waals surface area (Å²) in [6, 6.07) is 10.4. The van der Waals surface area contributed by atoms with Crippen LogP contribution < -0.4 is 0 Å². The van der Waals surface area contributed by atoms with Crippen molar-refractivity contribution in [3.05, 3.63) is 40.4 Å². The molecule has 0 saturated heterocycles. The predicted octanol–water partition coefficient (Wildman–Crippen LogP) is 4.61. The lowest BCUT2D eigenvalue weighted by Crippen LogP contribution is -1.75. The Hall–Kier alpha value is -0.560. The number of allylic oxidation sites excluding steroid dienone is 1. The van der Waals surface area contributed by atoms with E-state index in [9.17, 15) is 0 Å². The zero-order valence-corrected chi connectivity index (χ0v) is 9.55. The molecule has 1 rings (SSSR count). The third kappa shape index (κ3) is 4.28. The SMILES string of the molecule is CCCCC(Br)=Cc1ccccc1. The molecule has 0 atom stereocenters. The molecular weight excluding hydrogens is 224 g/mol. The van der Waals surface area contributed by atoms with Crippen molar-refractivity contribution >= 4 is 22.0 Å². The third-order valence-corrected chi connectivity index (χ3v) is 2.52. The average Bonchev–Trinajstić information content (AvgIpc) is 2.16. The number of benzene rings is 1. The molecule has 0 nitrogen and oxygen atoms in total. The number of hydrogen-bond acceptors (Lipinski definition) is 0. The van der Waals surface area contributed by atoms with Crippen LogP contribution in [0.4, 0.5) is 0 Å². The summed E-state index contributed by atoms with van der Waals surface area (Å²) in [6.45, 7) is 2.21. The van der Waals surface area contributed by atoms with E-state index in [4.69, 9.17) is 0 Å². The van der Waals surface area contributed by atoms with Crippen molar-refractivity contribution in [3.63, 3.8) is 0 Å². The molecule has 1 heteroatoms. The molecule has 0 aliphatic carbocycles. The molecule has 13 heavy (non-hydrogen) atoms. The van der Waals surface area contributed by atoms with E-state index in [0.717, 1.165) is 6.42 Å². The maximum absolute atomic E-state index is 3.58. The van der Waals surface area contributed by atoms with Gasteiger partial charge in [0.2, 0.25) is 0 Å². The van der Waals surface area contributed by atoms with Gasteiger partial charge in [-0.1, -0.05) is 59.6 Å². The van der Waals surface area contributed by atoms with Crippen molar-refractivity contribution < 1.29 is 0 Å². The maximum atomic E-state index is 3.58. The molecule has 0 amide bonds. The Morgan fingerprint density at radius 3 is 2.62 bits per heavy atom. The van der Waals surface area contributed by atoms with Crippen molar-refractivity contribution in [2.24, 2.45) is 0 Å². The van der Waals surface area contributed by atoms with Gasteiger partial charge in [-0.05, 0) is 29.0 Å². The summed E-state index contributed by atoms with van der Waals surface area (Å²) in [6.07, 6.45) is 5.84. The first-order valence-corrected chi connectivity index (χ1v) is 5.53. The molecule has 0 fully saturated rings. The summed E-state index contributed by atoms with van der Waals surface area (Å²) < 4.78 is 1.29. The molecule has 0 aromatic heterocycles. The number of hydrogen-bond donors (Lipinski definition) is 0. The largest absolute Gasteiger partial charge is 0.0654 e. The van der Waals surface area contributed by atoms with Crippen molar-refractivity contribution in [1.29, 1.82) is 0 Å². The summed E-state index contributed by atoms with van der Waals surface area (Å²) in [5.74, 6) is 0. The zero-order valence-electron chi connectivity index (χ0n) is 7.96. The lowest BCUT2D eigenvalue weighted by molar-refractivity contribution is 0.812. The highest BCUT2D eigenvalue weighted by atomic mass is 79.9. The van der Waals surface area contributed by atoms with E-state index in [-0.39, 0.29) is 0 Å². The van der Waals surface area contributed by atoms with Crippen LogP contribution in [0.15, 0.2) is 34.8 Å². The fourth-order valence-electron chi connectivity index (χ4n) is 1.15. The Morgan fingerprint density at radius 2 is 2.00 bits per heavy atom. The second kappa shape index (κ2) is 5.98. The Morgan fingerprint density at radius 1 is 1.31 bits per heavy atom. The van der Waals surface area contributed by atoms with Gasteiger partial charge >= 0.3 is 0 Å². The van der Waals surface area contributed by atoms with Gasteiger partial charge in [0, 0.05) is 0 Å². The van der Waals surface area contributed by atoms with Gasteiger partial charge in [0.15, 0.2) is 0 Å². The molecule has 1 aromatic carbocycles. The minimum atomic E-state index is 1.14. The first-order chi connectivity index (χ1) is 6.33. The highest BCUT2D eigenvalue weighted by molar-refractivity contribution is 9.11. The van der Waals surface area contributed by atoms with Gasteiger partial charge in [0.05, 0.1) is 0 Å². The molecule has 0 aliphatic rings. The summed E-state index contributed by atoms with van der Waals surface area (Å²) in [5, 5.41) is 0. The molecule has 0 unspecified atom stereocenters. The van der Waals surface area contributed by atoms with Gasteiger partial charge in [-0.25, -0.2) is 0 Å². The van der Waals surface area contributed by atoms with E-state index in [1.54, 1.807) is 0 Å². The summed E-state index contributed by atoms with van der Waals surface area (Å²) >= 11 is 3.58. The van der Waals surface area contributed by atoms with Crippen molar-refractivity contribution in [1.82, 2.24) is 0 Å². The molecule has 0 heterocycles. The third-order valence-electron chi connectivity index (χ3n) is 1.89. The summed E-state index contributed by atoms with van der Waals surface area (Å²) in [4.78, 5) is 0. The lowest BCUT2D eigenvalue weighted by atomic mass is 10.2. The minimum Gasteiger partial charge on any atom is -0.0654 e. The molecule has 0 radical (unpaired) electrons. The van der Waals surface area contributed by atoms with Crippen molar-refractivity contribution in [3.8, 4) is 0 Å². The Kier molecular flexibility index (Phi) is 4.84. The van der Waals surface area contributed by atoms with Crippen LogP contribution in [0.1, 0.15) is 31.7 Å². The predicted molar refractivity (Wildman–Crippen MR) is 62.9 cm³/mol. The second-order valence-electron chi connectivity index (χ2n) is 3.11. The van der Waals surface area contributed by atoms with E-state index in [1.807, 2.05) is 6.07 Å². The van der Waals surface area contributed by atoms with E-state index in [1.165, 1.54) is 22.9 Å². The van der Waals surface area contributed by atoms with Crippen LogP contribution in [0, 0.1) is 0 Å². The smallest absolute Gasteiger partial charge is 0.00434 e. The molecule has 70 valence electrons. The number of halogens is 1. The van der Waals surface area contributed by atoms with Crippen LogP contribution >= 0.6 is 15.9 Å². The standard InChI is InChI=1S/C12H15Br/c1-2-3-9-12(13)10-11-7-5-4-6-8-11/h4-8,10H,2-3,9H2,1H3. The average molecular weight is 239 g/mol. The topological polar surface area (TPSA) is 0 Å². The molecule has 1 aromatic rings. The normalized spacial score (nSPS) is 11.7. The van der Waals surface area contributed by atoms with Crippen LogP contribution in [-0.2, 0) is 0 Å². The molecule has 0 bridgehead atoms. The fraction of sp³-hybridized carbons (Fsp3) is 0.333. The molecule has 0 aliphatic heterocycles. The zero-order chi connectivity index (χ0) is 9.52. The Labute approximate surface area is 88.8 Å². The van der Waals surface area contributed by atoms with E-state index < -0.39 is 0 Å². The van der Waals surface area contributed by atoms with E-state index >= 15 is 0 Å². The van der Waals surface area contributed by atoms with Crippen molar-refractivity contribution in [2.75, 3.05) is 0 Å². The van der Waals surface area contributed by atoms with Crippen molar-refractivity contribution in [2.45, 2.75) is 26.2 Å². The fourth-order valence-corrected chi connectivity index (χ4v) is 1.69. The van der Waals surface area contributed by atoms with Crippen LogP contribution in [0.2, 0.25) is 0 Å². The van der Waals surface area contributed by atoms with Crippen LogP contribution in [-0.4, -0.2) is 0 Å². The minimum absolute atomic E-state index is 1.14. The first kappa shape index (κ1) is 10.5. The highest BCUT2D eigenvalue weighted by Crippen LogP contribution is 2.17. The summed E-state index contributed by atoms with van der Waals surface area (Å²) in [7, 11) is 0. The lowest BCUT2D eigenvalue weighted by Gasteiger charge is -1.97. The van der Waals surface area contributed by atoms with Gasteiger partial charge in [-0.2, -0.15) is 0 Å². The Bertz CT molecular complexity index is 262. The number of unbranched alkanes of at least 4 members (excludes halogenated alkanes) is 1. The van der Waals surface area contributed by atoms with Gasteiger partial charge < -0.3 is 0 Å². The van der Waals surface area contributed by atoms with Crippen LogP contribution in [0.5, 0.6) is 0 Å². The molecule has 0 N–H and O–H groups in total. The van der Waals surface area contributed by atoms with Gasteiger partial charge in [0.1, 0.15) is 0 Å². The summed E-state index contributed by atoms with van der Waals surface area (Å²) in [5.41, 5.74) is 1.27. The molecule has 0 spiro atoms. The Balaban J connectivity index is 2.55. The van der Waals surface area contributed by atoms with Gasteiger partial charge in [-0.3, -0.25) is 0 Å². The van der Waals surface area contributed by atoms with Gasteiger partial charge in [-0.15, -0.1) is 0 Å². The van der Waals surface area contributed by atoms with Crippen LogP contribution in [0.3, 0.4) is 0 Å². The number of rotatable bonds is 4. The second-order valence-corrected chi connectivity index (χ2v) is 4.12. The van der Waals surface area contributed by atoms with Gasteiger partial charge in [0.25, 0.3) is 0 Å². The van der Waals surface area contributed by atoms with E-state index in [0.29, 0.717) is 0 Å². The maximum Gasteiger partial charge on any atom is -0.00434 e. The first-order valence-electron chi connectivity index (χ1n) is 4.74. The van der Waals surface area contributed by atoms with Crippen LogP contribution in [0.25, 0.3) is 6.08 Å². The monoisotopic (exact) mass is 238 g/mol. The molecule has 0 saturated carbocycles.